The van der Waals surface area contributed by atoms with E-state index >= 15 is 0 Å². The molecule has 0 radical (unpaired) electrons. The van der Waals surface area contributed by atoms with Crippen molar-refractivity contribution >= 4 is 23.2 Å². The number of ether oxygens (including phenoxy) is 1. The van der Waals surface area contributed by atoms with Crippen LogP contribution in [0, 0.1) is 0 Å². The maximum atomic E-state index is 12.0. The first-order valence-electron chi connectivity index (χ1n) is 6.44. The molecule has 21 heavy (non-hydrogen) atoms. The number of amides is 2. The molecular formula is C16H16N2O3. The number of rotatable bonds is 5. The average molecular weight is 284 g/mol. The van der Waals surface area contributed by atoms with Crippen LogP contribution in [0.5, 0.6) is 0 Å². The van der Waals surface area contributed by atoms with E-state index in [-0.39, 0.29) is 18.4 Å². The largest absolute Gasteiger partial charge is 0.375 e. The van der Waals surface area contributed by atoms with Crippen molar-refractivity contribution in [3.05, 3.63) is 60.2 Å². The summed E-state index contributed by atoms with van der Waals surface area (Å²) < 4.78 is 4.75. The van der Waals surface area contributed by atoms with Gasteiger partial charge in [-0.05, 0) is 30.3 Å². The van der Waals surface area contributed by atoms with E-state index in [0.29, 0.717) is 16.9 Å². The molecule has 0 fully saturated rings. The summed E-state index contributed by atoms with van der Waals surface area (Å²) in [5.41, 5.74) is 1.79. The van der Waals surface area contributed by atoms with Gasteiger partial charge in [0.15, 0.2) is 0 Å². The van der Waals surface area contributed by atoms with Crippen LogP contribution < -0.4 is 10.6 Å². The highest BCUT2D eigenvalue weighted by atomic mass is 16.5. The molecule has 0 saturated carbocycles. The number of hydrogen-bond donors (Lipinski definition) is 2. The van der Waals surface area contributed by atoms with Crippen molar-refractivity contribution in [1.82, 2.24) is 0 Å². The van der Waals surface area contributed by atoms with Gasteiger partial charge in [-0.2, -0.15) is 0 Å². The maximum Gasteiger partial charge on any atom is 0.255 e. The van der Waals surface area contributed by atoms with Crippen LogP contribution in [0.15, 0.2) is 54.6 Å². The van der Waals surface area contributed by atoms with Crippen LogP contribution in [-0.4, -0.2) is 25.5 Å². The number of nitrogens with one attached hydrogen (secondary N) is 2. The molecule has 2 aromatic rings. The van der Waals surface area contributed by atoms with E-state index in [1.54, 1.807) is 48.5 Å². The summed E-state index contributed by atoms with van der Waals surface area (Å²) in [5.74, 6) is -0.444. The van der Waals surface area contributed by atoms with Gasteiger partial charge in [0.1, 0.15) is 6.61 Å². The molecule has 108 valence electrons. The van der Waals surface area contributed by atoms with E-state index in [9.17, 15) is 9.59 Å². The molecule has 0 aliphatic heterocycles. The molecule has 0 heterocycles. The molecule has 0 saturated heterocycles. The lowest BCUT2D eigenvalue weighted by Crippen LogP contribution is -2.17. The van der Waals surface area contributed by atoms with E-state index in [1.807, 2.05) is 6.07 Å². The second kappa shape index (κ2) is 7.21. The van der Waals surface area contributed by atoms with Crippen molar-refractivity contribution in [3.63, 3.8) is 0 Å². The van der Waals surface area contributed by atoms with Crippen molar-refractivity contribution in [2.45, 2.75) is 0 Å². The van der Waals surface area contributed by atoms with Crippen molar-refractivity contribution in [1.29, 1.82) is 0 Å². The topological polar surface area (TPSA) is 67.4 Å². The summed E-state index contributed by atoms with van der Waals surface area (Å²) in [6, 6.07) is 15.9. The predicted octanol–water partition coefficient (Wildman–Crippen LogP) is 2.52. The van der Waals surface area contributed by atoms with E-state index < -0.39 is 0 Å². The van der Waals surface area contributed by atoms with Crippen LogP contribution in [0.3, 0.4) is 0 Å². The molecule has 0 unspecified atom stereocenters. The van der Waals surface area contributed by atoms with Crippen molar-refractivity contribution in [2.75, 3.05) is 24.4 Å². The molecule has 0 bridgehead atoms. The zero-order valence-corrected chi connectivity index (χ0v) is 11.6. The molecular weight excluding hydrogens is 268 g/mol. The minimum Gasteiger partial charge on any atom is -0.375 e. The van der Waals surface area contributed by atoms with Crippen LogP contribution in [0.25, 0.3) is 0 Å². The molecule has 2 N–H and O–H groups in total. The first-order valence-corrected chi connectivity index (χ1v) is 6.44. The molecule has 0 atom stereocenters. The normalized spacial score (nSPS) is 9.95. The Labute approximate surface area is 122 Å². The summed E-state index contributed by atoms with van der Waals surface area (Å²) in [6.07, 6.45) is 0. The Kier molecular flexibility index (Phi) is 5.06. The van der Waals surface area contributed by atoms with Crippen LogP contribution in [0.2, 0.25) is 0 Å². The van der Waals surface area contributed by atoms with E-state index in [2.05, 4.69) is 10.6 Å². The average Bonchev–Trinajstić information content (AvgIpc) is 2.48. The summed E-state index contributed by atoms with van der Waals surface area (Å²) in [4.78, 5) is 23.5. The SMILES string of the molecule is COCC(=O)Nc1cccc(NC(=O)c2ccccc2)c1. The Morgan fingerprint density at radius 2 is 1.62 bits per heavy atom. The summed E-state index contributed by atoms with van der Waals surface area (Å²) in [7, 11) is 1.45. The fourth-order valence-corrected chi connectivity index (χ4v) is 1.80. The molecule has 5 heteroatoms. The van der Waals surface area contributed by atoms with Gasteiger partial charge in [0.2, 0.25) is 5.91 Å². The van der Waals surface area contributed by atoms with Gasteiger partial charge in [-0.1, -0.05) is 24.3 Å². The Bertz CT molecular complexity index is 626. The second-order valence-corrected chi connectivity index (χ2v) is 4.38. The van der Waals surface area contributed by atoms with E-state index in [1.165, 1.54) is 7.11 Å². The first kappa shape index (κ1) is 14.7. The van der Waals surface area contributed by atoms with E-state index in [0.717, 1.165) is 0 Å². The molecule has 0 spiro atoms. The lowest BCUT2D eigenvalue weighted by molar-refractivity contribution is -0.119. The fourth-order valence-electron chi connectivity index (χ4n) is 1.80. The molecule has 0 aliphatic carbocycles. The highest BCUT2D eigenvalue weighted by Crippen LogP contribution is 2.16. The van der Waals surface area contributed by atoms with Crippen LogP contribution in [0.1, 0.15) is 10.4 Å². The molecule has 2 rings (SSSR count). The third-order valence-electron chi connectivity index (χ3n) is 2.72. The third-order valence-corrected chi connectivity index (χ3v) is 2.72. The fraction of sp³-hybridized carbons (Fsp3) is 0.125. The standard InChI is InChI=1S/C16H16N2O3/c1-21-11-15(19)17-13-8-5-9-14(10-13)18-16(20)12-6-3-2-4-7-12/h2-10H,11H2,1H3,(H,17,19)(H,18,20). The Morgan fingerprint density at radius 1 is 0.952 bits per heavy atom. The number of carbonyl (C=O) groups excluding carboxylic acids is 2. The quantitative estimate of drug-likeness (QED) is 0.886. The predicted molar refractivity (Wildman–Crippen MR) is 81.3 cm³/mol. The molecule has 2 amide bonds. The van der Waals surface area contributed by atoms with Crippen LogP contribution in [-0.2, 0) is 9.53 Å². The number of carbonyl (C=O) groups is 2. The monoisotopic (exact) mass is 284 g/mol. The smallest absolute Gasteiger partial charge is 0.255 e. The first-order chi connectivity index (χ1) is 10.2. The lowest BCUT2D eigenvalue weighted by atomic mass is 10.2. The van der Waals surface area contributed by atoms with Gasteiger partial charge in [0.05, 0.1) is 0 Å². The highest BCUT2D eigenvalue weighted by Gasteiger charge is 2.06. The Balaban J connectivity index is 2.04. The van der Waals surface area contributed by atoms with Crippen LogP contribution in [0.4, 0.5) is 11.4 Å². The zero-order chi connectivity index (χ0) is 15.1. The van der Waals surface area contributed by atoms with Crippen LogP contribution >= 0.6 is 0 Å². The van der Waals surface area contributed by atoms with Gasteiger partial charge in [-0.3, -0.25) is 9.59 Å². The van der Waals surface area contributed by atoms with E-state index in [4.69, 9.17) is 4.74 Å². The minimum absolute atomic E-state index is 0.0133. The number of hydrogen-bond acceptors (Lipinski definition) is 3. The zero-order valence-electron chi connectivity index (χ0n) is 11.6. The van der Waals surface area contributed by atoms with Crippen molar-refractivity contribution < 1.29 is 14.3 Å². The number of benzene rings is 2. The van der Waals surface area contributed by atoms with Gasteiger partial charge in [-0.25, -0.2) is 0 Å². The molecule has 0 aromatic heterocycles. The highest BCUT2D eigenvalue weighted by molar-refractivity contribution is 6.04. The van der Waals surface area contributed by atoms with Crippen molar-refractivity contribution in [2.24, 2.45) is 0 Å². The Hall–Kier alpha value is -2.66. The summed E-state index contributed by atoms with van der Waals surface area (Å²) in [5, 5.41) is 5.46. The Morgan fingerprint density at radius 3 is 2.29 bits per heavy atom. The van der Waals surface area contributed by atoms with Gasteiger partial charge >= 0.3 is 0 Å². The minimum atomic E-state index is -0.246. The van der Waals surface area contributed by atoms with Gasteiger partial charge in [0.25, 0.3) is 5.91 Å². The van der Waals surface area contributed by atoms with Gasteiger partial charge in [-0.15, -0.1) is 0 Å². The maximum absolute atomic E-state index is 12.0. The van der Waals surface area contributed by atoms with Crippen molar-refractivity contribution in [3.8, 4) is 0 Å². The number of methoxy groups -OCH3 is 1. The van der Waals surface area contributed by atoms with Gasteiger partial charge < -0.3 is 15.4 Å². The van der Waals surface area contributed by atoms with Gasteiger partial charge in [0, 0.05) is 24.0 Å². The lowest BCUT2D eigenvalue weighted by Gasteiger charge is -2.08. The summed E-state index contributed by atoms with van der Waals surface area (Å²) >= 11 is 0. The molecule has 2 aromatic carbocycles. The summed E-state index contributed by atoms with van der Waals surface area (Å²) in [6.45, 7) is -0.0133. The molecule has 0 aliphatic rings. The second-order valence-electron chi connectivity index (χ2n) is 4.38. The molecule has 5 nitrogen and oxygen atoms in total. The number of anilines is 2. The third kappa shape index (κ3) is 4.43.